The first kappa shape index (κ1) is 20.7. The van der Waals surface area contributed by atoms with Gasteiger partial charge in [-0.2, -0.15) is 13.2 Å². The number of alkyl halides is 5. The Labute approximate surface area is 147 Å². The van der Waals surface area contributed by atoms with Crippen molar-refractivity contribution < 1.29 is 30.4 Å². The number of anilines is 1. The third-order valence-electron chi connectivity index (χ3n) is 4.45. The van der Waals surface area contributed by atoms with E-state index in [1.807, 2.05) is 0 Å². The first-order valence-corrected chi connectivity index (χ1v) is 9.21. The molecule has 1 heterocycles. The van der Waals surface area contributed by atoms with Gasteiger partial charge in [-0.3, -0.25) is 0 Å². The second kappa shape index (κ2) is 6.55. The van der Waals surface area contributed by atoms with E-state index >= 15 is 0 Å². The van der Waals surface area contributed by atoms with Gasteiger partial charge in [-0.25, -0.2) is 32.3 Å². The van der Waals surface area contributed by atoms with Crippen molar-refractivity contribution in [3.63, 3.8) is 0 Å². The molecule has 0 bridgehead atoms. The minimum atomic E-state index is -4.66. The number of nitrogens with two attached hydrogens (primary N) is 1. The van der Waals surface area contributed by atoms with Gasteiger partial charge in [-0.1, -0.05) is 0 Å². The van der Waals surface area contributed by atoms with E-state index in [4.69, 9.17) is 5.14 Å². The summed E-state index contributed by atoms with van der Waals surface area (Å²) in [5.41, 5.74) is -1.20. The first-order chi connectivity index (χ1) is 11.6. The lowest BCUT2D eigenvalue weighted by molar-refractivity contribution is -0.141. The van der Waals surface area contributed by atoms with Crippen LogP contribution in [-0.2, 0) is 16.2 Å². The average molecular weight is 402 g/mol. The number of halogens is 5. The molecule has 0 aromatic carbocycles. The summed E-state index contributed by atoms with van der Waals surface area (Å²) in [7, 11) is -3.97. The number of hydrogen-bond donors (Lipinski definition) is 2. The largest absolute Gasteiger partial charge is 0.434 e. The molecule has 1 aliphatic rings. The van der Waals surface area contributed by atoms with Crippen LogP contribution in [0.5, 0.6) is 0 Å². The lowest BCUT2D eigenvalue weighted by Gasteiger charge is -2.29. The van der Waals surface area contributed by atoms with Crippen LogP contribution in [0, 0.1) is 5.92 Å². The van der Waals surface area contributed by atoms with Crippen LogP contribution in [0.15, 0.2) is 12.4 Å². The Morgan fingerprint density at radius 1 is 1.23 bits per heavy atom. The topological polar surface area (TPSA) is 98.0 Å². The van der Waals surface area contributed by atoms with Gasteiger partial charge in [0.05, 0.1) is 17.1 Å². The molecule has 0 spiro atoms. The highest BCUT2D eigenvalue weighted by Gasteiger charge is 2.49. The van der Waals surface area contributed by atoms with Crippen LogP contribution in [0.4, 0.5) is 27.8 Å². The summed E-state index contributed by atoms with van der Waals surface area (Å²) >= 11 is 0. The summed E-state index contributed by atoms with van der Waals surface area (Å²) in [4.78, 5) is 6.77. The van der Waals surface area contributed by atoms with Gasteiger partial charge in [0.25, 0.3) is 5.92 Å². The van der Waals surface area contributed by atoms with Crippen LogP contribution < -0.4 is 10.5 Å². The molecule has 0 saturated heterocycles. The molecular weight excluding hydrogens is 383 g/mol. The summed E-state index contributed by atoms with van der Waals surface area (Å²) in [6.07, 6.45) is -4.64. The van der Waals surface area contributed by atoms with Crippen LogP contribution in [0.25, 0.3) is 0 Å². The molecule has 148 valence electrons. The lowest BCUT2D eigenvalue weighted by atomic mass is 9.92. The van der Waals surface area contributed by atoms with E-state index in [9.17, 15) is 30.4 Å². The molecule has 1 saturated carbocycles. The maximum absolute atomic E-state index is 13.8. The second-order valence-electron chi connectivity index (χ2n) is 7.07. The fourth-order valence-corrected chi connectivity index (χ4v) is 3.41. The van der Waals surface area contributed by atoms with E-state index in [1.54, 1.807) is 0 Å². The Morgan fingerprint density at radius 2 is 1.85 bits per heavy atom. The maximum Gasteiger partial charge on any atom is 0.434 e. The molecule has 1 aromatic rings. The molecule has 26 heavy (non-hydrogen) atoms. The van der Waals surface area contributed by atoms with E-state index in [0.717, 1.165) is 6.20 Å². The van der Waals surface area contributed by atoms with Crippen molar-refractivity contribution in [1.82, 2.24) is 9.97 Å². The maximum atomic E-state index is 13.8. The molecule has 2 rings (SSSR count). The fraction of sp³-hybridized carbons (Fsp3) is 0.714. The molecule has 2 atom stereocenters. The van der Waals surface area contributed by atoms with Crippen LogP contribution >= 0.6 is 0 Å². The molecule has 0 radical (unpaired) electrons. The molecule has 0 amide bonds. The molecule has 1 fully saturated rings. The second-order valence-corrected chi connectivity index (χ2v) is 9.26. The predicted molar refractivity (Wildman–Crippen MR) is 83.9 cm³/mol. The first-order valence-electron chi connectivity index (χ1n) is 7.67. The number of nitrogens with one attached hydrogen (secondary N) is 1. The zero-order chi connectivity index (χ0) is 20.0. The number of rotatable bonds is 5. The summed E-state index contributed by atoms with van der Waals surface area (Å²) < 4.78 is 87.0. The summed E-state index contributed by atoms with van der Waals surface area (Å²) in [6, 6.07) is -0.878. The van der Waals surface area contributed by atoms with Crippen molar-refractivity contribution >= 4 is 15.8 Å². The molecule has 2 unspecified atom stereocenters. The van der Waals surface area contributed by atoms with Crippen molar-refractivity contribution in [1.29, 1.82) is 0 Å². The molecule has 1 aliphatic carbocycles. The Morgan fingerprint density at radius 3 is 2.31 bits per heavy atom. The smallest absolute Gasteiger partial charge is 0.366 e. The minimum Gasteiger partial charge on any atom is -0.366 e. The molecule has 12 heteroatoms. The number of hydrogen-bond acceptors (Lipinski definition) is 5. The molecule has 0 aliphatic heterocycles. The standard InChI is InChI=1S/C14H19F5N4O2S/c1-12(2,26(20,24)25)3-8-4-13(15,16)5-9(8)23-11-7-21-10(6-22-11)14(17,18)19/h6-9H,3-5H2,1-2H3,(H,22,23)(H2,20,24,25). The average Bonchev–Trinajstić information content (AvgIpc) is 2.70. The summed E-state index contributed by atoms with van der Waals surface area (Å²) in [5.74, 6) is -3.89. The predicted octanol–water partition coefficient (Wildman–Crippen LogP) is 2.78. The number of primary sulfonamides is 1. The van der Waals surface area contributed by atoms with Gasteiger partial charge in [0.15, 0.2) is 5.69 Å². The minimum absolute atomic E-state index is 0.0980. The number of aromatic nitrogens is 2. The highest BCUT2D eigenvalue weighted by Crippen LogP contribution is 2.44. The third kappa shape index (κ3) is 4.78. The zero-order valence-electron chi connectivity index (χ0n) is 14.0. The molecule has 3 N–H and O–H groups in total. The van der Waals surface area contributed by atoms with Gasteiger partial charge in [-0.15, -0.1) is 0 Å². The van der Waals surface area contributed by atoms with Crippen LogP contribution in [0.3, 0.4) is 0 Å². The van der Waals surface area contributed by atoms with Crippen LogP contribution in [-0.4, -0.2) is 35.1 Å². The summed E-state index contributed by atoms with van der Waals surface area (Å²) in [5, 5.41) is 7.79. The van der Waals surface area contributed by atoms with Gasteiger partial charge < -0.3 is 5.32 Å². The Bertz CT molecular complexity index is 750. The molecular formula is C14H19F5N4O2S. The van der Waals surface area contributed by atoms with Gasteiger partial charge in [0.1, 0.15) is 5.82 Å². The SMILES string of the molecule is CC(C)(CC1CC(F)(F)CC1Nc1cnc(C(F)(F)F)cn1)S(N)(=O)=O. The quantitative estimate of drug-likeness (QED) is 0.738. The van der Waals surface area contributed by atoms with Crippen molar-refractivity contribution in [3.8, 4) is 0 Å². The Hall–Kier alpha value is -1.56. The fourth-order valence-electron chi connectivity index (χ4n) is 2.97. The van der Waals surface area contributed by atoms with E-state index < -0.39 is 57.4 Å². The van der Waals surface area contributed by atoms with Crippen molar-refractivity contribution in [2.45, 2.75) is 56.0 Å². The van der Waals surface area contributed by atoms with Crippen LogP contribution in [0.1, 0.15) is 38.8 Å². The van der Waals surface area contributed by atoms with Crippen molar-refractivity contribution in [3.05, 3.63) is 18.1 Å². The highest BCUT2D eigenvalue weighted by molar-refractivity contribution is 7.90. The van der Waals surface area contributed by atoms with E-state index in [-0.39, 0.29) is 12.2 Å². The third-order valence-corrected chi connectivity index (χ3v) is 6.16. The molecule has 6 nitrogen and oxygen atoms in total. The zero-order valence-corrected chi connectivity index (χ0v) is 14.8. The van der Waals surface area contributed by atoms with Crippen molar-refractivity contribution in [2.24, 2.45) is 11.1 Å². The van der Waals surface area contributed by atoms with Crippen molar-refractivity contribution in [2.75, 3.05) is 5.32 Å². The number of sulfonamides is 1. The van der Waals surface area contributed by atoms with E-state index in [1.165, 1.54) is 13.8 Å². The number of nitrogens with zero attached hydrogens (tertiary/aromatic N) is 2. The highest BCUT2D eigenvalue weighted by atomic mass is 32.2. The Kier molecular flexibility index (Phi) is 5.23. The van der Waals surface area contributed by atoms with E-state index in [2.05, 4.69) is 15.3 Å². The van der Waals surface area contributed by atoms with Gasteiger partial charge in [0, 0.05) is 18.9 Å². The van der Waals surface area contributed by atoms with Gasteiger partial charge in [0.2, 0.25) is 10.0 Å². The monoisotopic (exact) mass is 402 g/mol. The normalized spacial score (nSPS) is 23.8. The van der Waals surface area contributed by atoms with Gasteiger partial charge >= 0.3 is 6.18 Å². The summed E-state index contributed by atoms with van der Waals surface area (Å²) in [6.45, 7) is 2.68. The Balaban J connectivity index is 2.18. The van der Waals surface area contributed by atoms with Gasteiger partial charge in [-0.05, 0) is 26.2 Å². The lowest BCUT2D eigenvalue weighted by Crippen LogP contribution is -2.41. The van der Waals surface area contributed by atoms with Crippen LogP contribution in [0.2, 0.25) is 0 Å². The molecule has 1 aromatic heterocycles. The van der Waals surface area contributed by atoms with E-state index in [0.29, 0.717) is 6.20 Å².